The number of hydrogen-bond donors (Lipinski definition) is 1. The first kappa shape index (κ1) is 29.4. The molecule has 1 aromatic carbocycles. The van der Waals surface area contributed by atoms with Crippen molar-refractivity contribution in [1.82, 2.24) is 10.2 Å². The second-order valence-corrected chi connectivity index (χ2v) is 11.1. The zero-order valence-electron chi connectivity index (χ0n) is 22.5. The third-order valence-electron chi connectivity index (χ3n) is 7.48. The summed E-state index contributed by atoms with van der Waals surface area (Å²) in [5.41, 5.74) is 1.07. The summed E-state index contributed by atoms with van der Waals surface area (Å²) >= 11 is 7.97. The molecule has 202 valence electrons. The van der Waals surface area contributed by atoms with E-state index < -0.39 is 12.1 Å². The molecule has 2 aromatic rings. The number of carbonyl (C=O) groups is 3. The number of alkyl halides is 1. The Kier molecular flexibility index (Phi) is 11.2. The van der Waals surface area contributed by atoms with Gasteiger partial charge in [0, 0.05) is 23.8 Å². The molecule has 1 N–H and O–H groups in total. The zero-order valence-corrected chi connectivity index (χ0v) is 24.1. The second kappa shape index (κ2) is 14.1. The highest BCUT2D eigenvalue weighted by molar-refractivity contribution is 7.17. The molecule has 3 aliphatic rings. The van der Waals surface area contributed by atoms with Crippen LogP contribution in [0.5, 0.6) is 0 Å². The van der Waals surface area contributed by atoms with Crippen LogP contribution in [0.4, 0.5) is 0 Å². The quantitative estimate of drug-likeness (QED) is 0.414. The van der Waals surface area contributed by atoms with Crippen molar-refractivity contribution in [2.75, 3.05) is 6.54 Å². The fraction of sp³-hybridized carbons (Fsp3) is 0.567. The molecule has 0 bridgehead atoms. The van der Waals surface area contributed by atoms with Crippen LogP contribution in [0.1, 0.15) is 82.3 Å². The molecular weight excluding hydrogens is 504 g/mol. The minimum Gasteiger partial charge on any atom is -0.339 e. The Morgan fingerprint density at radius 3 is 2.32 bits per heavy atom. The molecule has 3 fully saturated rings. The number of nitrogens with zero attached hydrogens (tertiary/aromatic N) is 1. The van der Waals surface area contributed by atoms with Crippen LogP contribution >= 0.6 is 22.9 Å². The first-order valence-electron chi connectivity index (χ1n) is 14.0. The number of thiophene rings is 1. The second-order valence-electron chi connectivity index (χ2n) is 9.50. The van der Waals surface area contributed by atoms with Crippen LogP contribution in [0, 0.1) is 11.8 Å². The first-order chi connectivity index (χ1) is 18.0. The average Bonchev–Trinajstić information content (AvgIpc) is 3.68. The molecule has 2 amide bonds. The lowest BCUT2D eigenvalue weighted by molar-refractivity contribution is -0.140. The number of ketones is 1. The molecule has 2 saturated carbocycles. The molecule has 1 aliphatic heterocycles. The molecule has 2 aliphatic carbocycles. The molecule has 5 nitrogen and oxygen atoms in total. The van der Waals surface area contributed by atoms with Gasteiger partial charge in [-0.1, -0.05) is 77.3 Å². The van der Waals surface area contributed by atoms with Gasteiger partial charge in [-0.2, -0.15) is 0 Å². The number of hydrogen-bond acceptors (Lipinski definition) is 4. The van der Waals surface area contributed by atoms with Gasteiger partial charge in [0.15, 0.2) is 5.78 Å². The molecule has 0 radical (unpaired) electrons. The number of amides is 2. The Bertz CT molecular complexity index is 1030. The Labute approximate surface area is 231 Å². The minimum absolute atomic E-state index is 0.0385. The lowest BCUT2D eigenvalue weighted by atomic mass is 9.83. The van der Waals surface area contributed by atoms with Crippen LogP contribution in [0.15, 0.2) is 42.5 Å². The maximum Gasteiger partial charge on any atom is 0.262 e. The van der Waals surface area contributed by atoms with Gasteiger partial charge in [0.05, 0.1) is 16.3 Å². The van der Waals surface area contributed by atoms with Crippen molar-refractivity contribution < 1.29 is 14.4 Å². The molecule has 0 unspecified atom stereocenters. The maximum atomic E-state index is 13.8. The fourth-order valence-electron chi connectivity index (χ4n) is 5.76. The van der Waals surface area contributed by atoms with Crippen molar-refractivity contribution in [3.05, 3.63) is 47.3 Å². The molecule has 1 saturated heterocycles. The van der Waals surface area contributed by atoms with Crippen LogP contribution in [-0.4, -0.2) is 46.5 Å². The van der Waals surface area contributed by atoms with E-state index in [1.807, 2.05) is 70.2 Å². The van der Waals surface area contributed by atoms with Crippen molar-refractivity contribution in [1.29, 1.82) is 0 Å². The van der Waals surface area contributed by atoms with Crippen LogP contribution < -0.4 is 5.32 Å². The van der Waals surface area contributed by atoms with Gasteiger partial charge < -0.3 is 10.2 Å². The molecule has 4 atom stereocenters. The van der Waals surface area contributed by atoms with Gasteiger partial charge in [-0.3, -0.25) is 14.4 Å². The number of carbonyl (C=O) groups excluding carboxylic acids is 3. The standard InChI is InChI=1S/C26H29ClN2O3S.2C2H6/c27-19-15-29(24-18(19)11-12-20(24)30)26(32)23(17-9-5-2-6-10-17)28-25(31)22-14-13-21(33-22)16-7-3-1-4-8-16;2*1-2/h1,3-4,7-8,13-14,17-19,23-24H,2,5-6,9-12,15H2,(H,28,31);2*1-2H3/t18-,19+,23+,24+;;/m1../s1. The van der Waals surface area contributed by atoms with Gasteiger partial charge in [0.2, 0.25) is 5.91 Å². The predicted octanol–water partition coefficient (Wildman–Crippen LogP) is 6.94. The third-order valence-corrected chi connectivity index (χ3v) is 9.07. The van der Waals surface area contributed by atoms with Gasteiger partial charge in [-0.15, -0.1) is 22.9 Å². The third kappa shape index (κ3) is 6.64. The molecule has 37 heavy (non-hydrogen) atoms. The summed E-state index contributed by atoms with van der Waals surface area (Å²) in [6.07, 6.45) is 6.34. The topological polar surface area (TPSA) is 66.5 Å². The van der Waals surface area contributed by atoms with Crippen molar-refractivity contribution in [2.24, 2.45) is 11.8 Å². The monoisotopic (exact) mass is 544 g/mol. The van der Waals surface area contributed by atoms with Crippen molar-refractivity contribution in [3.8, 4) is 10.4 Å². The van der Waals surface area contributed by atoms with Crippen LogP contribution in [0.25, 0.3) is 10.4 Å². The first-order valence-corrected chi connectivity index (χ1v) is 15.2. The number of Topliss-reactive ketones (excluding diaryl/α,β-unsaturated/α-hetero) is 1. The number of halogens is 1. The highest BCUT2D eigenvalue weighted by Gasteiger charge is 2.52. The van der Waals surface area contributed by atoms with Crippen molar-refractivity contribution in [3.63, 3.8) is 0 Å². The Morgan fingerprint density at radius 2 is 1.65 bits per heavy atom. The smallest absolute Gasteiger partial charge is 0.262 e. The van der Waals surface area contributed by atoms with E-state index in [9.17, 15) is 14.4 Å². The lowest BCUT2D eigenvalue weighted by Crippen LogP contribution is -2.55. The highest BCUT2D eigenvalue weighted by Crippen LogP contribution is 2.40. The molecule has 5 rings (SSSR count). The van der Waals surface area contributed by atoms with Gasteiger partial charge >= 0.3 is 0 Å². The van der Waals surface area contributed by atoms with Crippen LogP contribution in [-0.2, 0) is 9.59 Å². The Hall–Kier alpha value is -2.18. The number of rotatable bonds is 5. The van der Waals surface area contributed by atoms with E-state index in [-0.39, 0.29) is 34.8 Å². The average molecular weight is 545 g/mol. The van der Waals surface area contributed by atoms with E-state index in [1.54, 1.807) is 4.90 Å². The van der Waals surface area contributed by atoms with E-state index in [1.165, 1.54) is 11.3 Å². The molecule has 0 spiro atoms. The van der Waals surface area contributed by atoms with Gasteiger partial charge in [-0.25, -0.2) is 0 Å². The Morgan fingerprint density at radius 1 is 0.973 bits per heavy atom. The van der Waals surface area contributed by atoms with E-state index in [4.69, 9.17) is 11.6 Å². The normalized spacial score (nSPS) is 23.8. The summed E-state index contributed by atoms with van der Waals surface area (Å²) in [4.78, 5) is 42.9. The van der Waals surface area contributed by atoms with Gasteiger partial charge in [0.1, 0.15) is 6.04 Å². The highest BCUT2D eigenvalue weighted by atomic mass is 35.5. The van der Waals surface area contributed by atoms with Crippen LogP contribution in [0.3, 0.4) is 0 Å². The lowest BCUT2D eigenvalue weighted by Gasteiger charge is -2.34. The van der Waals surface area contributed by atoms with Crippen molar-refractivity contribution >= 4 is 40.5 Å². The maximum absolute atomic E-state index is 13.8. The predicted molar refractivity (Wildman–Crippen MR) is 153 cm³/mol. The summed E-state index contributed by atoms with van der Waals surface area (Å²) in [6, 6.07) is 12.7. The summed E-state index contributed by atoms with van der Waals surface area (Å²) < 4.78 is 0. The number of fused-ring (bicyclic) bond motifs is 1. The fourth-order valence-corrected chi connectivity index (χ4v) is 7.09. The number of benzene rings is 1. The SMILES string of the molecule is CC.CC.O=C(N[C@H](C(=O)N1C[C@H](Cl)[C@H]2CCC(=O)[C@H]21)C1CCCCC1)c1ccc(-c2ccccc2)s1. The molecule has 1 aromatic heterocycles. The zero-order chi connectivity index (χ0) is 26.9. The van der Waals surface area contributed by atoms with E-state index in [0.29, 0.717) is 17.8 Å². The van der Waals surface area contributed by atoms with Gasteiger partial charge in [0.25, 0.3) is 5.91 Å². The van der Waals surface area contributed by atoms with E-state index in [2.05, 4.69) is 5.32 Å². The summed E-state index contributed by atoms with van der Waals surface area (Å²) in [7, 11) is 0. The summed E-state index contributed by atoms with van der Waals surface area (Å²) in [6.45, 7) is 8.39. The molecular formula is C30H41ClN2O3S. The Balaban J connectivity index is 0.000000907. The largest absolute Gasteiger partial charge is 0.339 e. The van der Waals surface area contributed by atoms with E-state index >= 15 is 0 Å². The summed E-state index contributed by atoms with van der Waals surface area (Å²) in [5.74, 6) is -0.119. The number of nitrogens with one attached hydrogen (secondary N) is 1. The number of likely N-dealkylation sites (tertiary alicyclic amines) is 1. The van der Waals surface area contributed by atoms with Gasteiger partial charge in [-0.05, 0) is 42.9 Å². The minimum atomic E-state index is -0.615. The molecule has 7 heteroatoms. The summed E-state index contributed by atoms with van der Waals surface area (Å²) in [5, 5.41) is 2.88. The van der Waals surface area contributed by atoms with Crippen molar-refractivity contribution in [2.45, 2.75) is 90.1 Å². The van der Waals surface area contributed by atoms with Crippen LogP contribution in [0.2, 0.25) is 0 Å². The van der Waals surface area contributed by atoms with E-state index in [0.717, 1.165) is 49.0 Å². The molecule has 2 heterocycles.